The number of amides is 1. The molecule has 0 saturated heterocycles. The van der Waals surface area contributed by atoms with E-state index < -0.39 is 23.7 Å². The van der Waals surface area contributed by atoms with Gasteiger partial charge in [-0.2, -0.15) is 0 Å². The lowest BCUT2D eigenvalue weighted by Gasteiger charge is -2.28. The van der Waals surface area contributed by atoms with Crippen LogP contribution in [0.25, 0.3) is 0 Å². The summed E-state index contributed by atoms with van der Waals surface area (Å²) in [5.74, 6) is -2.79. The average molecular weight is 215 g/mol. The quantitative estimate of drug-likeness (QED) is 0.704. The Bertz CT molecular complexity index is 238. The third kappa shape index (κ3) is 3.53. The van der Waals surface area contributed by atoms with Crippen LogP contribution in [-0.4, -0.2) is 17.0 Å². The second-order valence-electron chi connectivity index (χ2n) is 4.42. The fourth-order valence-electron chi connectivity index (χ4n) is 1.92. The number of carbonyl (C=O) groups is 2. The summed E-state index contributed by atoms with van der Waals surface area (Å²) in [5, 5.41) is 9.10. The Kier molecular flexibility index (Phi) is 5.33. The van der Waals surface area contributed by atoms with Crippen molar-refractivity contribution in [1.29, 1.82) is 0 Å². The van der Waals surface area contributed by atoms with E-state index in [1.165, 1.54) is 0 Å². The van der Waals surface area contributed by atoms with Gasteiger partial charge >= 0.3 is 5.97 Å². The van der Waals surface area contributed by atoms with Gasteiger partial charge in [0.1, 0.15) is 0 Å². The van der Waals surface area contributed by atoms with Crippen LogP contribution in [0.1, 0.15) is 34.1 Å². The van der Waals surface area contributed by atoms with Crippen molar-refractivity contribution in [2.75, 3.05) is 0 Å². The smallest absolute Gasteiger partial charge is 0.307 e. The zero-order valence-corrected chi connectivity index (χ0v) is 9.86. The molecule has 0 aromatic heterocycles. The molecule has 0 aliphatic heterocycles. The molecule has 3 atom stereocenters. The topological polar surface area (TPSA) is 80.4 Å². The van der Waals surface area contributed by atoms with Crippen LogP contribution < -0.4 is 5.73 Å². The first-order valence-electron chi connectivity index (χ1n) is 5.35. The van der Waals surface area contributed by atoms with Gasteiger partial charge in [-0.3, -0.25) is 9.59 Å². The summed E-state index contributed by atoms with van der Waals surface area (Å²) >= 11 is 0. The van der Waals surface area contributed by atoms with Crippen molar-refractivity contribution >= 4 is 11.9 Å². The van der Waals surface area contributed by atoms with Crippen LogP contribution in [0.4, 0.5) is 0 Å². The molecule has 0 spiro atoms. The maximum Gasteiger partial charge on any atom is 0.307 e. The van der Waals surface area contributed by atoms with Gasteiger partial charge < -0.3 is 10.8 Å². The number of carboxylic acid groups (broad SMARTS) is 1. The number of primary amides is 1. The molecule has 3 N–H and O–H groups in total. The second-order valence-corrected chi connectivity index (χ2v) is 4.42. The Morgan fingerprint density at radius 1 is 1.20 bits per heavy atom. The largest absolute Gasteiger partial charge is 0.481 e. The molecule has 0 aliphatic rings. The van der Waals surface area contributed by atoms with Crippen LogP contribution in [0.15, 0.2) is 0 Å². The second kappa shape index (κ2) is 5.73. The van der Waals surface area contributed by atoms with E-state index in [2.05, 4.69) is 0 Å². The molecule has 15 heavy (non-hydrogen) atoms. The maximum absolute atomic E-state index is 11.3. The number of nitrogens with two attached hydrogens (primary N) is 1. The van der Waals surface area contributed by atoms with Crippen LogP contribution in [-0.2, 0) is 9.59 Å². The summed E-state index contributed by atoms with van der Waals surface area (Å²) in [6, 6.07) is 0. The first-order valence-corrected chi connectivity index (χ1v) is 5.35. The monoisotopic (exact) mass is 215 g/mol. The maximum atomic E-state index is 11.3. The lowest BCUT2D eigenvalue weighted by Crippen LogP contribution is -2.40. The summed E-state index contributed by atoms with van der Waals surface area (Å²) in [6.45, 7) is 7.40. The summed E-state index contributed by atoms with van der Waals surface area (Å²) < 4.78 is 0. The van der Waals surface area contributed by atoms with E-state index in [4.69, 9.17) is 10.8 Å². The van der Waals surface area contributed by atoms with Crippen molar-refractivity contribution < 1.29 is 14.7 Å². The van der Waals surface area contributed by atoms with E-state index in [1.54, 1.807) is 13.8 Å². The Morgan fingerprint density at radius 2 is 1.67 bits per heavy atom. The van der Waals surface area contributed by atoms with E-state index in [-0.39, 0.29) is 11.8 Å². The molecular weight excluding hydrogens is 194 g/mol. The first-order chi connectivity index (χ1) is 6.82. The summed E-state index contributed by atoms with van der Waals surface area (Å²) in [5.41, 5.74) is 5.29. The minimum Gasteiger partial charge on any atom is -0.481 e. The number of carboxylic acids is 1. The molecule has 0 radical (unpaired) electrons. The number of rotatable bonds is 6. The minimum atomic E-state index is -0.936. The number of carbonyl (C=O) groups excluding carboxylic acids is 1. The van der Waals surface area contributed by atoms with Gasteiger partial charge in [0.25, 0.3) is 0 Å². The van der Waals surface area contributed by atoms with Crippen molar-refractivity contribution in [1.82, 2.24) is 0 Å². The highest BCUT2D eigenvalue weighted by Crippen LogP contribution is 2.29. The number of aliphatic carboxylic acids is 1. The van der Waals surface area contributed by atoms with Gasteiger partial charge in [0.2, 0.25) is 5.91 Å². The zero-order valence-electron chi connectivity index (χ0n) is 9.86. The van der Waals surface area contributed by atoms with Gasteiger partial charge in [-0.15, -0.1) is 0 Å². The Hall–Kier alpha value is -1.06. The number of hydrogen-bond acceptors (Lipinski definition) is 2. The highest BCUT2D eigenvalue weighted by Gasteiger charge is 2.37. The Labute approximate surface area is 90.8 Å². The Balaban J connectivity index is 5.01. The van der Waals surface area contributed by atoms with E-state index in [0.29, 0.717) is 0 Å². The highest BCUT2D eigenvalue weighted by atomic mass is 16.4. The summed E-state index contributed by atoms with van der Waals surface area (Å²) in [6.07, 6.45) is 0.754. The first kappa shape index (κ1) is 13.9. The van der Waals surface area contributed by atoms with Gasteiger partial charge in [0.15, 0.2) is 0 Å². The molecule has 0 heterocycles. The van der Waals surface area contributed by atoms with Gasteiger partial charge in [0.05, 0.1) is 11.8 Å². The van der Waals surface area contributed by atoms with Crippen molar-refractivity contribution in [2.24, 2.45) is 29.4 Å². The minimum absolute atomic E-state index is 0.00556. The molecule has 0 aliphatic carbocycles. The van der Waals surface area contributed by atoms with Crippen molar-refractivity contribution in [2.45, 2.75) is 34.1 Å². The molecule has 0 bridgehead atoms. The fourth-order valence-corrected chi connectivity index (χ4v) is 1.92. The van der Waals surface area contributed by atoms with E-state index >= 15 is 0 Å². The van der Waals surface area contributed by atoms with E-state index in [0.717, 1.165) is 6.42 Å². The third-order valence-corrected chi connectivity index (χ3v) is 2.98. The molecule has 0 rings (SSSR count). The molecular formula is C11H21NO3. The standard InChI is InChI=1S/C11H21NO3/c1-5-7(4)9(10(12)13)8(6(2)3)11(14)15/h6-9H,5H2,1-4H3,(H2,12,13)(H,14,15). The molecule has 0 aromatic rings. The van der Waals surface area contributed by atoms with Crippen molar-refractivity contribution in [3.63, 3.8) is 0 Å². The van der Waals surface area contributed by atoms with Crippen LogP contribution >= 0.6 is 0 Å². The van der Waals surface area contributed by atoms with E-state index in [9.17, 15) is 9.59 Å². The highest BCUT2D eigenvalue weighted by molar-refractivity contribution is 5.83. The van der Waals surface area contributed by atoms with Crippen molar-refractivity contribution in [3.8, 4) is 0 Å². The van der Waals surface area contributed by atoms with Crippen LogP contribution in [0, 0.1) is 23.7 Å². The zero-order chi connectivity index (χ0) is 12.2. The normalized spacial score (nSPS) is 17.1. The molecule has 4 nitrogen and oxygen atoms in total. The molecule has 3 unspecified atom stereocenters. The van der Waals surface area contributed by atoms with Gasteiger partial charge in [-0.05, 0) is 11.8 Å². The summed E-state index contributed by atoms with van der Waals surface area (Å²) in [7, 11) is 0. The molecule has 1 amide bonds. The molecule has 0 aromatic carbocycles. The van der Waals surface area contributed by atoms with Gasteiger partial charge in [-0.1, -0.05) is 34.1 Å². The van der Waals surface area contributed by atoms with E-state index in [1.807, 2.05) is 13.8 Å². The molecule has 0 fully saturated rings. The van der Waals surface area contributed by atoms with Gasteiger partial charge in [-0.25, -0.2) is 0 Å². The average Bonchev–Trinajstić information content (AvgIpc) is 2.10. The Morgan fingerprint density at radius 3 is 1.87 bits per heavy atom. The molecule has 4 heteroatoms. The van der Waals surface area contributed by atoms with Gasteiger partial charge in [0, 0.05) is 0 Å². The predicted molar refractivity (Wildman–Crippen MR) is 58.1 cm³/mol. The van der Waals surface area contributed by atoms with Crippen LogP contribution in [0.5, 0.6) is 0 Å². The number of hydrogen-bond donors (Lipinski definition) is 2. The third-order valence-electron chi connectivity index (χ3n) is 2.98. The van der Waals surface area contributed by atoms with Crippen molar-refractivity contribution in [3.05, 3.63) is 0 Å². The van der Waals surface area contributed by atoms with Crippen LogP contribution in [0.2, 0.25) is 0 Å². The molecule has 88 valence electrons. The molecule has 0 saturated carbocycles. The fraction of sp³-hybridized carbons (Fsp3) is 0.818. The lowest BCUT2D eigenvalue weighted by atomic mass is 9.75. The summed E-state index contributed by atoms with van der Waals surface area (Å²) in [4.78, 5) is 22.4. The predicted octanol–water partition coefficient (Wildman–Crippen LogP) is 1.49. The lowest BCUT2D eigenvalue weighted by molar-refractivity contribution is -0.150. The SMILES string of the molecule is CCC(C)C(C(N)=O)C(C(=O)O)C(C)C. The van der Waals surface area contributed by atoms with Crippen LogP contribution in [0.3, 0.4) is 0 Å².